The quantitative estimate of drug-likeness (QED) is 0.880. The van der Waals surface area contributed by atoms with E-state index in [-0.39, 0.29) is 11.7 Å². The van der Waals surface area contributed by atoms with Crippen molar-refractivity contribution in [1.29, 1.82) is 0 Å². The van der Waals surface area contributed by atoms with Crippen LogP contribution in [0.2, 0.25) is 0 Å². The van der Waals surface area contributed by atoms with Crippen molar-refractivity contribution in [1.82, 2.24) is 4.98 Å². The van der Waals surface area contributed by atoms with Crippen molar-refractivity contribution >= 4 is 10.8 Å². The zero-order valence-electron chi connectivity index (χ0n) is 10.1. The number of hydrogen-bond acceptors (Lipinski definition) is 2. The first kappa shape index (κ1) is 11.3. The molecule has 0 radical (unpaired) electrons. The molecule has 1 aromatic heterocycles. The minimum Gasteiger partial charge on any atom is -0.662 e. The van der Waals surface area contributed by atoms with Gasteiger partial charge >= 0.3 is 0 Å². The number of rotatable bonds is 2. The van der Waals surface area contributed by atoms with Gasteiger partial charge in [-0.3, -0.25) is 4.79 Å². The number of hydrogen-bond donors (Lipinski definition) is 1. The lowest BCUT2D eigenvalue weighted by atomic mass is 10.1. The fourth-order valence-electron chi connectivity index (χ4n) is 2.28. The summed E-state index contributed by atoms with van der Waals surface area (Å²) in [6.45, 7) is 1.77. The highest BCUT2D eigenvalue weighted by Crippen LogP contribution is 2.22. The summed E-state index contributed by atoms with van der Waals surface area (Å²) in [5.41, 5.74) is -0.0597. The molecule has 2 heterocycles. The molecule has 1 N–H and O–H groups in total. The number of H-pyrrole nitrogens is 1. The van der Waals surface area contributed by atoms with Crippen molar-refractivity contribution in [3.63, 3.8) is 0 Å². The van der Waals surface area contributed by atoms with E-state index in [9.17, 15) is 4.79 Å². The second-order valence-corrected chi connectivity index (χ2v) is 4.54. The van der Waals surface area contributed by atoms with Gasteiger partial charge in [-0.25, -0.2) is 0 Å². The van der Waals surface area contributed by atoms with Crippen LogP contribution in [-0.2, 0) is 0 Å². The molecule has 1 aliphatic heterocycles. The van der Waals surface area contributed by atoms with Gasteiger partial charge in [-0.1, -0.05) is 0 Å². The average molecular weight is 243 g/mol. The van der Waals surface area contributed by atoms with Crippen LogP contribution < -0.4 is 10.3 Å². The lowest BCUT2D eigenvalue weighted by molar-refractivity contribution is 0.181. The second kappa shape index (κ2) is 4.82. The van der Waals surface area contributed by atoms with Gasteiger partial charge in [0.15, 0.2) is 0 Å². The molecule has 0 amide bonds. The van der Waals surface area contributed by atoms with E-state index in [0.29, 0.717) is 5.39 Å². The van der Waals surface area contributed by atoms with E-state index < -0.39 is 0 Å². The van der Waals surface area contributed by atoms with Crippen LogP contribution >= 0.6 is 0 Å². The molecule has 4 heteroatoms. The molecular weight excluding hydrogens is 228 g/mol. The average Bonchev–Trinajstić information content (AvgIpc) is 2.40. The Morgan fingerprint density at radius 2 is 2.06 bits per heavy atom. The summed E-state index contributed by atoms with van der Waals surface area (Å²) in [5.74, 6) is 0.833. The standard InChI is InChI=1S/C14H15N2O2/c17-14-13-2-1-12(9-10(13)3-8-16-14)18-11-4-6-15-7-5-11/h1-3,8-9,11H,4-7H2,(H,16,17)/q-1. The van der Waals surface area contributed by atoms with Crippen molar-refractivity contribution in [2.75, 3.05) is 13.1 Å². The van der Waals surface area contributed by atoms with Crippen LogP contribution in [0.1, 0.15) is 12.8 Å². The van der Waals surface area contributed by atoms with E-state index in [1.165, 1.54) is 0 Å². The number of aromatic nitrogens is 1. The second-order valence-electron chi connectivity index (χ2n) is 4.54. The summed E-state index contributed by atoms with van der Waals surface area (Å²) in [5, 5.41) is 5.92. The highest BCUT2D eigenvalue weighted by Gasteiger charge is 2.10. The van der Waals surface area contributed by atoms with Gasteiger partial charge in [-0.2, -0.15) is 0 Å². The van der Waals surface area contributed by atoms with Crippen LogP contribution in [0.4, 0.5) is 0 Å². The number of aromatic amines is 1. The zero-order valence-corrected chi connectivity index (χ0v) is 10.1. The summed E-state index contributed by atoms with van der Waals surface area (Å²) < 4.78 is 5.93. The summed E-state index contributed by atoms with van der Waals surface area (Å²) in [4.78, 5) is 14.2. The third kappa shape index (κ3) is 2.24. The summed E-state index contributed by atoms with van der Waals surface area (Å²) in [6, 6.07) is 7.50. The minimum atomic E-state index is -0.0597. The third-order valence-electron chi connectivity index (χ3n) is 3.27. The Bertz CT molecular complexity index is 600. The van der Waals surface area contributed by atoms with Crippen molar-refractivity contribution in [2.45, 2.75) is 18.9 Å². The number of pyridine rings is 1. The lowest BCUT2D eigenvalue weighted by Crippen LogP contribution is -2.23. The first-order valence-corrected chi connectivity index (χ1v) is 6.24. The summed E-state index contributed by atoms with van der Waals surface area (Å²) in [6.07, 6.45) is 3.87. The fourth-order valence-corrected chi connectivity index (χ4v) is 2.28. The Hall–Kier alpha value is -1.81. The van der Waals surface area contributed by atoms with Gasteiger partial charge in [-0.15, -0.1) is 13.1 Å². The molecule has 3 rings (SSSR count). The van der Waals surface area contributed by atoms with E-state index >= 15 is 0 Å². The van der Waals surface area contributed by atoms with Gasteiger partial charge in [0, 0.05) is 11.6 Å². The van der Waals surface area contributed by atoms with Crippen LogP contribution in [0, 0.1) is 0 Å². The molecule has 1 aliphatic rings. The molecule has 0 bridgehead atoms. The van der Waals surface area contributed by atoms with Crippen LogP contribution in [0.5, 0.6) is 5.75 Å². The number of nitrogens with one attached hydrogen (secondary N) is 1. The van der Waals surface area contributed by atoms with Gasteiger partial charge in [-0.05, 0) is 42.5 Å². The molecule has 1 saturated heterocycles. The van der Waals surface area contributed by atoms with Crippen LogP contribution in [0.15, 0.2) is 35.3 Å². The predicted octanol–water partition coefficient (Wildman–Crippen LogP) is 2.44. The van der Waals surface area contributed by atoms with E-state index in [1.54, 1.807) is 6.20 Å². The molecule has 0 atom stereocenters. The maximum absolute atomic E-state index is 11.6. The smallest absolute Gasteiger partial charge is 0.255 e. The number of piperidine rings is 1. The fraction of sp³-hybridized carbons (Fsp3) is 0.357. The number of benzene rings is 1. The molecule has 2 aromatic rings. The van der Waals surface area contributed by atoms with Gasteiger partial charge in [0.25, 0.3) is 5.56 Å². The third-order valence-corrected chi connectivity index (χ3v) is 3.27. The van der Waals surface area contributed by atoms with Crippen molar-refractivity contribution < 1.29 is 4.74 Å². The number of nitrogens with zero attached hydrogens (tertiary/aromatic N) is 1. The van der Waals surface area contributed by atoms with Crippen LogP contribution in [-0.4, -0.2) is 24.2 Å². The molecule has 94 valence electrons. The number of fused-ring (bicyclic) bond motifs is 1. The van der Waals surface area contributed by atoms with Crippen LogP contribution in [0.3, 0.4) is 0 Å². The lowest BCUT2D eigenvalue weighted by Gasteiger charge is -2.32. The number of ether oxygens (including phenoxy) is 1. The molecule has 0 aliphatic carbocycles. The monoisotopic (exact) mass is 243 g/mol. The first-order valence-electron chi connectivity index (χ1n) is 6.24. The topological polar surface area (TPSA) is 56.2 Å². The Kier molecular flexibility index (Phi) is 3.02. The van der Waals surface area contributed by atoms with Gasteiger partial charge in [0.1, 0.15) is 5.75 Å². The summed E-state index contributed by atoms with van der Waals surface area (Å²) in [7, 11) is 0. The van der Waals surface area contributed by atoms with Crippen molar-refractivity contribution in [3.05, 3.63) is 46.1 Å². The molecule has 4 nitrogen and oxygen atoms in total. The van der Waals surface area contributed by atoms with E-state index in [0.717, 1.165) is 37.1 Å². The van der Waals surface area contributed by atoms with Crippen molar-refractivity contribution in [2.24, 2.45) is 0 Å². The van der Waals surface area contributed by atoms with E-state index in [2.05, 4.69) is 10.3 Å². The van der Waals surface area contributed by atoms with Gasteiger partial charge in [0.05, 0.1) is 6.10 Å². The van der Waals surface area contributed by atoms with Crippen LogP contribution in [0.25, 0.3) is 16.1 Å². The predicted molar refractivity (Wildman–Crippen MR) is 71.3 cm³/mol. The molecular formula is C14H15N2O2-. The first-order chi connectivity index (χ1) is 8.83. The highest BCUT2D eigenvalue weighted by molar-refractivity contribution is 5.82. The molecule has 18 heavy (non-hydrogen) atoms. The Morgan fingerprint density at radius 1 is 1.22 bits per heavy atom. The van der Waals surface area contributed by atoms with Crippen molar-refractivity contribution in [3.8, 4) is 5.75 Å². The largest absolute Gasteiger partial charge is 0.662 e. The molecule has 0 unspecified atom stereocenters. The summed E-state index contributed by atoms with van der Waals surface area (Å²) >= 11 is 0. The maximum Gasteiger partial charge on any atom is 0.255 e. The van der Waals surface area contributed by atoms with E-state index in [1.807, 2.05) is 24.3 Å². The van der Waals surface area contributed by atoms with Gasteiger partial charge in [0.2, 0.25) is 0 Å². The van der Waals surface area contributed by atoms with E-state index in [4.69, 9.17) is 4.74 Å². The molecule has 0 spiro atoms. The Morgan fingerprint density at radius 3 is 2.89 bits per heavy atom. The SMILES string of the molecule is O=c1[nH]ccc2cc(OC3CC[N-]CC3)ccc12. The Balaban J connectivity index is 1.86. The normalized spacial score (nSPS) is 16.9. The zero-order chi connectivity index (χ0) is 12.4. The maximum atomic E-state index is 11.6. The highest BCUT2D eigenvalue weighted by atomic mass is 16.5. The Labute approximate surface area is 105 Å². The molecule has 1 fully saturated rings. The molecule has 1 aromatic carbocycles. The molecule has 0 saturated carbocycles. The minimum absolute atomic E-state index is 0.0597. The van der Waals surface area contributed by atoms with Gasteiger partial charge < -0.3 is 15.0 Å².